The van der Waals surface area contributed by atoms with Gasteiger partial charge in [0.2, 0.25) is 11.8 Å². The minimum Gasteiger partial charge on any atom is -0.336 e. The molecule has 132 valence electrons. The van der Waals surface area contributed by atoms with Crippen LogP contribution in [-0.2, 0) is 16.0 Å². The second kappa shape index (κ2) is 8.42. The van der Waals surface area contributed by atoms with Crippen LogP contribution in [0, 0.1) is 19.7 Å². The van der Waals surface area contributed by atoms with Crippen molar-refractivity contribution in [3.05, 3.63) is 65.0 Å². The maximum atomic E-state index is 13.1. The second-order valence-electron chi connectivity index (χ2n) is 6.19. The van der Waals surface area contributed by atoms with Gasteiger partial charge in [0.1, 0.15) is 5.82 Å². The van der Waals surface area contributed by atoms with Crippen LogP contribution in [0.3, 0.4) is 0 Å². The Labute approximate surface area is 147 Å². The average Bonchev–Trinajstić information content (AvgIpc) is 2.56. The molecule has 0 aliphatic rings. The summed E-state index contributed by atoms with van der Waals surface area (Å²) in [5.41, 5.74) is 3.51. The van der Waals surface area contributed by atoms with E-state index in [4.69, 9.17) is 0 Å². The van der Waals surface area contributed by atoms with Gasteiger partial charge >= 0.3 is 0 Å². The highest BCUT2D eigenvalue weighted by Crippen LogP contribution is 2.19. The van der Waals surface area contributed by atoms with E-state index in [1.54, 1.807) is 19.2 Å². The molecule has 0 aromatic heterocycles. The third kappa shape index (κ3) is 5.41. The van der Waals surface area contributed by atoms with Crippen LogP contribution < -0.4 is 5.32 Å². The first-order valence-corrected chi connectivity index (χ1v) is 8.21. The molecule has 0 atom stereocenters. The minimum absolute atomic E-state index is 0.0181. The highest BCUT2D eigenvalue weighted by atomic mass is 19.1. The highest BCUT2D eigenvalue weighted by molar-refractivity contribution is 5.95. The number of benzene rings is 2. The number of aryl methyl sites for hydroxylation is 3. The quantitative estimate of drug-likeness (QED) is 0.874. The van der Waals surface area contributed by atoms with Gasteiger partial charge < -0.3 is 10.2 Å². The van der Waals surface area contributed by atoms with Gasteiger partial charge in [0.25, 0.3) is 0 Å². The minimum atomic E-state index is -0.314. The number of nitrogens with one attached hydrogen (secondary N) is 1. The van der Waals surface area contributed by atoms with Crippen LogP contribution in [-0.4, -0.2) is 30.3 Å². The fourth-order valence-corrected chi connectivity index (χ4v) is 2.63. The number of hydrogen-bond donors (Lipinski definition) is 1. The molecule has 2 aromatic rings. The van der Waals surface area contributed by atoms with E-state index in [0.29, 0.717) is 6.42 Å². The van der Waals surface area contributed by atoms with E-state index >= 15 is 0 Å². The summed E-state index contributed by atoms with van der Waals surface area (Å²) in [4.78, 5) is 25.8. The number of halogens is 1. The van der Waals surface area contributed by atoms with Crippen molar-refractivity contribution < 1.29 is 14.0 Å². The van der Waals surface area contributed by atoms with Gasteiger partial charge in [-0.2, -0.15) is 0 Å². The molecule has 2 aromatic carbocycles. The fourth-order valence-electron chi connectivity index (χ4n) is 2.63. The molecule has 0 aliphatic carbocycles. The summed E-state index contributed by atoms with van der Waals surface area (Å²) in [6.07, 6.45) is 0.677. The molecule has 0 fully saturated rings. The van der Waals surface area contributed by atoms with Crippen LogP contribution in [0.5, 0.6) is 0 Å². The fraction of sp³-hybridized carbons (Fsp3) is 0.300. The van der Waals surface area contributed by atoms with Gasteiger partial charge in [-0.1, -0.05) is 30.3 Å². The van der Waals surface area contributed by atoms with Gasteiger partial charge in [-0.3, -0.25) is 9.59 Å². The molecule has 0 radical (unpaired) electrons. The van der Waals surface area contributed by atoms with E-state index < -0.39 is 0 Å². The van der Waals surface area contributed by atoms with Crippen LogP contribution in [0.2, 0.25) is 0 Å². The van der Waals surface area contributed by atoms with Gasteiger partial charge in [-0.15, -0.1) is 0 Å². The maximum absolute atomic E-state index is 13.1. The predicted molar refractivity (Wildman–Crippen MR) is 96.9 cm³/mol. The number of hydrogen-bond acceptors (Lipinski definition) is 2. The summed E-state index contributed by atoms with van der Waals surface area (Å²) < 4.78 is 13.1. The lowest BCUT2D eigenvalue weighted by atomic mass is 10.1. The first-order chi connectivity index (χ1) is 11.9. The molecule has 0 aliphatic heterocycles. The number of nitrogens with zero attached hydrogens (tertiary/aromatic N) is 1. The van der Waals surface area contributed by atoms with E-state index in [2.05, 4.69) is 5.32 Å². The number of para-hydroxylation sites is 1. The van der Waals surface area contributed by atoms with Crippen molar-refractivity contribution >= 4 is 17.5 Å². The average molecular weight is 342 g/mol. The monoisotopic (exact) mass is 342 g/mol. The van der Waals surface area contributed by atoms with Crippen molar-refractivity contribution in [2.24, 2.45) is 0 Å². The number of anilines is 1. The third-order valence-electron chi connectivity index (χ3n) is 4.07. The van der Waals surface area contributed by atoms with E-state index in [1.165, 1.54) is 17.0 Å². The van der Waals surface area contributed by atoms with Crippen LogP contribution in [0.25, 0.3) is 0 Å². The second-order valence-corrected chi connectivity index (χ2v) is 6.19. The van der Waals surface area contributed by atoms with E-state index in [9.17, 15) is 14.0 Å². The SMILES string of the molecule is Cc1cccc(C)c1NC(=O)CN(C)C(=O)CCc1cccc(F)c1. The summed E-state index contributed by atoms with van der Waals surface area (Å²) in [5.74, 6) is -0.703. The first-order valence-electron chi connectivity index (χ1n) is 8.21. The molecular formula is C20H23FN2O2. The largest absolute Gasteiger partial charge is 0.336 e. The Balaban J connectivity index is 1.87. The molecule has 5 heteroatoms. The van der Waals surface area contributed by atoms with Crippen molar-refractivity contribution in [2.75, 3.05) is 18.9 Å². The molecule has 4 nitrogen and oxygen atoms in total. The van der Waals surface area contributed by atoms with Crippen molar-refractivity contribution in [3.63, 3.8) is 0 Å². The predicted octanol–water partition coefficient (Wildman–Crippen LogP) is 3.47. The summed E-state index contributed by atoms with van der Waals surface area (Å²) in [7, 11) is 1.60. The zero-order chi connectivity index (χ0) is 18.4. The molecule has 1 N–H and O–H groups in total. The van der Waals surface area contributed by atoms with Crippen LogP contribution in [0.1, 0.15) is 23.1 Å². The molecule has 2 amide bonds. The molecular weight excluding hydrogens is 319 g/mol. The smallest absolute Gasteiger partial charge is 0.243 e. The normalized spacial score (nSPS) is 10.4. The Morgan fingerprint density at radius 1 is 1.08 bits per heavy atom. The number of carbonyl (C=O) groups excluding carboxylic acids is 2. The zero-order valence-electron chi connectivity index (χ0n) is 14.8. The molecule has 0 heterocycles. The molecule has 0 saturated heterocycles. The number of amides is 2. The number of rotatable bonds is 6. The summed E-state index contributed by atoms with van der Waals surface area (Å²) in [5, 5.41) is 2.86. The summed E-state index contributed by atoms with van der Waals surface area (Å²) in [6, 6.07) is 12.0. The molecule has 25 heavy (non-hydrogen) atoms. The van der Waals surface area contributed by atoms with Gasteiger partial charge in [0, 0.05) is 19.2 Å². The first kappa shape index (κ1) is 18.6. The Hall–Kier alpha value is -2.69. The van der Waals surface area contributed by atoms with E-state index in [0.717, 1.165) is 22.4 Å². The Kier molecular flexibility index (Phi) is 6.28. The maximum Gasteiger partial charge on any atom is 0.243 e. The molecule has 0 saturated carbocycles. The van der Waals surface area contributed by atoms with Gasteiger partial charge in [0.05, 0.1) is 6.54 Å². The lowest BCUT2D eigenvalue weighted by Gasteiger charge is -2.18. The van der Waals surface area contributed by atoms with Crippen LogP contribution in [0.4, 0.5) is 10.1 Å². The van der Waals surface area contributed by atoms with Gasteiger partial charge in [-0.25, -0.2) is 4.39 Å². The highest BCUT2D eigenvalue weighted by Gasteiger charge is 2.14. The standard InChI is InChI=1S/C20H23FN2O2/c1-14-6-4-7-15(2)20(14)22-18(24)13-23(3)19(25)11-10-16-8-5-9-17(21)12-16/h4-9,12H,10-11,13H2,1-3H3,(H,22,24). The zero-order valence-corrected chi connectivity index (χ0v) is 14.8. The molecule has 0 unspecified atom stereocenters. The lowest BCUT2D eigenvalue weighted by Crippen LogP contribution is -2.35. The Morgan fingerprint density at radius 2 is 1.72 bits per heavy atom. The number of carbonyl (C=O) groups is 2. The topological polar surface area (TPSA) is 49.4 Å². The Bertz CT molecular complexity index is 754. The van der Waals surface area contributed by atoms with Crippen molar-refractivity contribution in [1.82, 2.24) is 4.90 Å². The molecule has 0 bridgehead atoms. The number of likely N-dealkylation sites (N-methyl/N-ethyl adjacent to an activating group) is 1. The van der Waals surface area contributed by atoms with Crippen molar-refractivity contribution in [3.8, 4) is 0 Å². The van der Waals surface area contributed by atoms with Crippen molar-refractivity contribution in [2.45, 2.75) is 26.7 Å². The molecule has 0 spiro atoms. The molecule has 2 rings (SSSR count). The van der Waals surface area contributed by atoms with Crippen LogP contribution >= 0.6 is 0 Å². The van der Waals surface area contributed by atoms with Crippen molar-refractivity contribution in [1.29, 1.82) is 0 Å². The van der Waals surface area contributed by atoms with Gasteiger partial charge in [0.15, 0.2) is 0 Å². The van der Waals surface area contributed by atoms with E-state index in [1.807, 2.05) is 32.0 Å². The summed E-state index contributed by atoms with van der Waals surface area (Å²) >= 11 is 0. The summed E-state index contributed by atoms with van der Waals surface area (Å²) in [6.45, 7) is 3.84. The lowest BCUT2D eigenvalue weighted by molar-refractivity contribution is -0.133. The van der Waals surface area contributed by atoms with E-state index in [-0.39, 0.29) is 30.6 Å². The Morgan fingerprint density at radius 3 is 2.36 bits per heavy atom. The third-order valence-corrected chi connectivity index (χ3v) is 4.07. The van der Waals surface area contributed by atoms with Crippen LogP contribution in [0.15, 0.2) is 42.5 Å². The van der Waals surface area contributed by atoms with Gasteiger partial charge in [-0.05, 0) is 49.1 Å².